The fourth-order valence-electron chi connectivity index (χ4n) is 2.36. The van der Waals surface area contributed by atoms with Gasteiger partial charge in [-0.1, -0.05) is 12.2 Å². The number of hydrogen-bond donors (Lipinski definition) is 2. The topological polar surface area (TPSA) is 58.4 Å². The van der Waals surface area contributed by atoms with E-state index in [1.165, 1.54) is 19.1 Å². The summed E-state index contributed by atoms with van der Waals surface area (Å²) in [5, 5.41) is 2.77. The molecule has 3 N–H and O–H groups in total. The van der Waals surface area contributed by atoms with Crippen LogP contribution in [0.3, 0.4) is 0 Å². The number of nitrogens with one attached hydrogen (secondary N) is 1. The molecule has 1 unspecified atom stereocenters. The first-order valence-electron chi connectivity index (χ1n) is 6.20. The van der Waals surface area contributed by atoms with E-state index in [1.807, 2.05) is 0 Å². The smallest absolute Gasteiger partial charge is 0.217 e. The number of halogens is 2. The van der Waals surface area contributed by atoms with Gasteiger partial charge in [0, 0.05) is 31.6 Å². The molecule has 1 fully saturated rings. The highest BCUT2D eigenvalue weighted by molar-refractivity contribution is 7.80. The molecule has 0 radical (unpaired) electrons. The molecule has 0 bridgehead atoms. The number of carbonyl (C=O) groups is 1. The SMILES string of the molecule is CC(=O)NC1CCN(c2ccc(C(N)=S)c(F)c2F)C1. The summed E-state index contributed by atoms with van der Waals surface area (Å²) in [5.74, 6) is -2.12. The summed E-state index contributed by atoms with van der Waals surface area (Å²) in [6.45, 7) is 2.43. The molecule has 1 atom stereocenters. The zero-order valence-electron chi connectivity index (χ0n) is 11.0. The molecule has 4 nitrogen and oxygen atoms in total. The molecule has 0 spiro atoms. The molecule has 1 aromatic rings. The summed E-state index contributed by atoms with van der Waals surface area (Å²) in [4.78, 5) is 12.5. The van der Waals surface area contributed by atoms with E-state index < -0.39 is 11.6 Å². The van der Waals surface area contributed by atoms with Gasteiger partial charge in [0.2, 0.25) is 5.91 Å². The van der Waals surface area contributed by atoms with Gasteiger partial charge in [-0.2, -0.15) is 0 Å². The maximum atomic E-state index is 14.0. The Hall–Kier alpha value is -1.76. The zero-order valence-corrected chi connectivity index (χ0v) is 11.8. The minimum absolute atomic E-state index is 0.0507. The molecule has 1 saturated heterocycles. The maximum absolute atomic E-state index is 14.0. The predicted molar refractivity (Wildman–Crippen MR) is 76.7 cm³/mol. The molecule has 0 aliphatic carbocycles. The van der Waals surface area contributed by atoms with E-state index in [0.717, 1.165) is 0 Å². The van der Waals surface area contributed by atoms with Crippen LogP contribution in [0.4, 0.5) is 14.5 Å². The van der Waals surface area contributed by atoms with Gasteiger partial charge < -0.3 is 16.0 Å². The lowest BCUT2D eigenvalue weighted by molar-refractivity contribution is -0.119. The van der Waals surface area contributed by atoms with Crippen molar-refractivity contribution in [1.29, 1.82) is 0 Å². The molecular formula is C13H15F2N3OS. The third-order valence-electron chi connectivity index (χ3n) is 3.26. The highest BCUT2D eigenvalue weighted by Crippen LogP contribution is 2.27. The van der Waals surface area contributed by atoms with Crippen molar-refractivity contribution >= 4 is 28.8 Å². The van der Waals surface area contributed by atoms with Crippen molar-refractivity contribution in [2.75, 3.05) is 18.0 Å². The molecule has 2 rings (SSSR count). The van der Waals surface area contributed by atoms with Gasteiger partial charge in [-0.05, 0) is 18.6 Å². The predicted octanol–water partition coefficient (Wildman–Crippen LogP) is 1.31. The number of hydrogen-bond acceptors (Lipinski definition) is 3. The monoisotopic (exact) mass is 299 g/mol. The van der Waals surface area contributed by atoms with Crippen LogP contribution >= 0.6 is 12.2 Å². The van der Waals surface area contributed by atoms with Gasteiger partial charge in [0.05, 0.1) is 5.69 Å². The van der Waals surface area contributed by atoms with Gasteiger partial charge in [0.15, 0.2) is 11.6 Å². The van der Waals surface area contributed by atoms with Gasteiger partial charge in [-0.15, -0.1) is 0 Å². The van der Waals surface area contributed by atoms with Crippen molar-refractivity contribution in [1.82, 2.24) is 5.32 Å². The summed E-state index contributed by atoms with van der Waals surface area (Å²) in [5.41, 5.74) is 5.39. The molecule has 1 aliphatic heterocycles. The first-order valence-corrected chi connectivity index (χ1v) is 6.61. The van der Waals surface area contributed by atoms with Gasteiger partial charge in [-0.25, -0.2) is 8.78 Å². The molecule has 20 heavy (non-hydrogen) atoms. The third-order valence-corrected chi connectivity index (χ3v) is 3.48. The van der Waals surface area contributed by atoms with E-state index in [0.29, 0.717) is 19.5 Å². The molecule has 7 heteroatoms. The van der Waals surface area contributed by atoms with E-state index >= 15 is 0 Å². The van der Waals surface area contributed by atoms with Gasteiger partial charge in [-0.3, -0.25) is 4.79 Å². The number of rotatable bonds is 3. The van der Waals surface area contributed by atoms with Crippen LogP contribution in [0.1, 0.15) is 18.9 Å². The minimum Gasteiger partial charge on any atom is -0.389 e. The summed E-state index contributed by atoms with van der Waals surface area (Å²) in [7, 11) is 0. The van der Waals surface area contributed by atoms with Gasteiger partial charge >= 0.3 is 0 Å². The van der Waals surface area contributed by atoms with E-state index in [-0.39, 0.29) is 28.2 Å². The van der Waals surface area contributed by atoms with Crippen molar-refractivity contribution in [2.45, 2.75) is 19.4 Å². The van der Waals surface area contributed by atoms with Crippen LogP contribution in [-0.4, -0.2) is 30.0 Å². The van der Waals surface area contributed by atoms with Crippen LogP contribution in [0.5, 0.6) is 0 Å². The molecule has 1 aliphatic rings. The Bertz CT molecular complexity index is 565. The van der Waals surface area contributed by atoms with Crippen molar-refractivity contribution in [3.63, 3.8) is 0 Å². The summed E-state index contributed by atoms with van der Waals surface area (Å²) >= 11 is 4.66. The third kappa shape index (κ3) is 2.87. The summed E-state index contributed by atoms with van der Waals surface area (Å²) in [6.07, 6.45) is 0.692. The number of thiocarbonyl (C=S) groups is 1. The quantitative estimate of drug-likeness (QED) is 0.826. The molecule has 1 heterocycles. The second kappa shape index (κ2) is 5.70. The van der Waals surface area contributed by atoms with Crippen LogP contribution < -0.4 is 16.0 Å². The molecule has 1 amide bonds. The lowest BCUT2D eigenvalue weighted by Gasteiger charge is -2.20. The lowest BCUT2D eigenvalue weighted by Crippen LogP contribution is -2.35. The second-order valence-electron chi connectivity index (χ2n) is 4.76. The average Bonchev–Trinajstić information content (AvgIpc) is 2.79. The van der Waals surface area contributed by atoms with Crippen LogP contribution in [0.15, 0.2) is 12.1 Å². The zero-order chi connectivity index (χ0) is 14.9. The highest BCUT2D eigenvalue weighted by atomic mass is 32.1. The number of nitrogens with zero attached hydrogens (tertiary/aromatic N) is 1. The number of nitrogens with two attached hydrogens (primary N) is 1. The normalized spacial score (nSPS) is 18.1. The number of benzene rings is 1. The Morgan fingerprint density at radius 1 is 1.45 bits per heavy atom. The molecule has 0 aromatic heterocycles. The Morgan fingerprint density at radius 3 is 2.75 bits per heavy atom. The largest absolute Gasteiger partial charge is 0.389 e. The van der Waals surface area contributed by atoms with E-state index in [9.17, 15) is 13.6 Å². The van der Waals surface area contributed by atoms with Gasteiger partial charge in [0.25, 0.3) is 0 Å². The van der Waals surface area contributed by atoms with Crippen molar-refractivity contribution in [3.8, 4) is 0 Å². The van der Waals surface area contributed by atoms with E-state index in [4.69, 9.17) is 5.73 Å². The Labute approximate surface area is 120 Å². The van der Waals surface area contributed by atoms with Crippen LogP contribution in [0.2, 0.25) is 0 Å². The Kier molecular flexibility index (Phi) is 4.17. The Balaban J connectivity index is 2.21. The first-order chi connectivity index (χ1) is 9.40. The van der Waals surface area contributed by atoms with Crippen LogP contribution in [0.25, 0.3) is 0 Å². The minimum atomic E-state index is -1.03. The van der Waals surface area contributed by atoms with Crippen molar-refractivity contribution in [2.24, 2.45) is 5.73 Å². The lowest BCUT2D eigenvalue weighted by atomic mass is 10.1. The van der Waals surface area contributed by atoms with E-state index in [1.54, 1.807) is 4.90 Å². The van der Waals surface area contributed by atoms with Crippen molar-refractivity contribution in [3.05, 3.63) is 29.3 Å². The number of carbonyl (C=O) groups excluding carboxylic acids is 1. The maximum Gasteiger partial charge on any atom is 0.217 e. The fraction of sp³-hybridized carbons (Fsp3) is 0.385. The van der Waals surface area contributed by atoms with Crippen LogP contribution in [-0.2, 0) is 4.79 Å². The fourth-order valence-corrected chi connectivity index (χ4v) is 2.52. The number of anilines is 1. The summed E-state index contributed by atoms with van der Waals surface area (Å²) in [6, 6.07) is 2.79. The Morgan fingerprint density at radius 2 is 2.15 bits per heavy atom. The van der Waals surface area contributed by atoms with Crippen molar-refractivity contribution < 1.29 is 13.6 Å². The molecule has 0 saturated carbocycles. The second-order valence-corrected chi connectivity index (χ2v) is 5.20. The number of amides is 1. The molecular weight excluding hydrogens is 284 g/mol. The summed E-state index contributed by atoms with van der Waals surface area (Å²) < 4.78 is 27.9. The van der Waals surface area contributed by atoms with Crippen LogP contribution in [0, 0.1) is 11.6 Å². The average molecular weight is 299 g/mol. The van der Waals surface area contributed by atoms with Gasteiger partial charge in [0.1, 0.15) is 4.99 Å². The standard InChI is InChI=1S/C13H15F2N3OS/c1-7(19)17-8-4-5-18(6-8)10-3-2-9(13(16)20)11(14)12(10)15/h2-3,8H,4-6H2,1H3,(H2,16,20)(H,17,19). The highest BCUT2D eigenvalue weighted by Gasteiger charge is 2.27. The first kappa shape index (κ1) is 14.6. The molecule has 1 aromatic carbocycles. The van der Waals surface area contributed by atoms with E-state index in [2.05, 4.69) is 17.5 Å². The molecule has 108 valence electrons.